The fraction of sp³-hybridized carbons (Fsp3) is 0.250. The normalized spacial score (nSPS) is 12.6. The Morgan fingerprint density at radius 1 is 1.11 bits per heavy atom. The topological polar surface area (TPSA) is 92.3 Å². The van der Waals surface area contributed by atoms with E-state index >= 15 is 0 Å². The molecule has 0 bridgehead atoms. The van der Waals surface area contributed by atoms with Gasteiger partial charge in [0.2, 0.25) is 0 Å². The molecule has 0 fully saturated rings. The van der Waals surface area contributed by atoms with Crippen LogP contribution >= 0.6 is 0 Å². The van der Waals surface area contributed by atoms with E-state index in [-0.39, 0.29) is 21.9 Å². The highest BCUT2D eigenvalue weighted by Gasteiger charge is 2.22. The molecule has 2 heterocycles. The van der Waals surface area contributed by atoms with Crippen molar-refractivity contribution in [1.82, 2.24) is 15.0 Å². The highest BCUT2D eigenvalue weighted by Crippen LogP contribution is 2.34. The van der Waals surface area contributed by atoms with Gasteiger partial charge in [0.15, 0.2) is 17.3 Å². The number of imidazole rings is 1. The van der Waals surface area contributed by atoms with E-state index in [1.807, 2.05) is 0 Å². The number of nitrogens with one attached hydrogen (secondary N) is 1. The lowest BCUT2D eigenvalue weighted by molar-refractivity contribution is -0.0690. The predicted octanol–water partition coefficient (Wildman–Crippen LogP) is 3.48. The number of rotatable bonds is 8. The fourth-order valence-electron chi connectivity index (χ4n) is 2.34. The van der Waals surface area contributed by atoms with Gasteiger partial charge in [0, 0.05) is 35.6 Å². The van der Waals surface area contributed by atoms with E-state index in [0.717, 1.165) is 12.1 Å². The van der Waals surface area contributed by atoms with Crippen molar-refractivity contribution < 1.29 is 36.3 Å². The second-order valence-electron chi connectivity index (χ2n) is 5.29. The van der Waals surface area contributed by atoms with Crippen molar-refractivity contribution >= 4 is 22.2 Å². The van der Waals surface area contributed by atoms with Gasteiger partial charge in [-0.1, -0.05) is 0 Å². The number of ether oxygens (including phenoxy) is 3. The fourth-order valence-corrected chi connectivity index (χ4v) is 3.33. The Morgan fingerprint density at radius 3 is 2.43 bits per heavy atom. The van der Waals surface area contributed by atoms with Crippen molar-refractivity contribution in [2.45, 2.75) is 24.1 Å². The van der Waals surface area contributed by atoms with Crippen LogP contribution < -0.4 is 14.2 Å². The number of benzene rings is 1. The van der Waals surface area contributed by atoms with Gasteiger partial charge in [-0.05, 0) is 6.07 Å². The average Bonchev–Trinajstić information content (AvgIpc) is 3.04. The molecule has 28 heavy (non-hydrogen) atoms. The number of halogens is 4. The first-order valence-electron chi connectivity index (χ1n) is 7.66. The Kier molecular flexibility index (Phi) is 6.09. The van der Waals surface area contributed by atoms with Crippen molar-refractivity contribution in [1.29, 1.82) is 0 Å². The monoisotopic (exact) mass is 419 g/mol. The van der Waals surface area contributed by atoms with Gasteiger partial charge in [0.05, 0.1) is 23.8 Å². The summed E-state index contributed by atoms with van der Waals surface area (Å²) >= 11 is -1.67. The SMILES string of the molecule is COc1ccnc(C[S+]([O-])c2nc3cc(OC(F)F)c(OC(F)F)cc3[nH]2)c1. The lowest BCUT2D eigenvalue weighted by Crippen LogP contribution is -2.08. The molecule has 1 unspecified atom stereocenters. The van der Waals surface area contributed by atoms with Crippen LogP contribution in [-0.2, 0) is 16.9 Å². The summed E-state index contributed by atoms with van der Waals surface area (Å²) in [6, 6.07) is 5.25. The minimum absolute atomic E-state index is 0.00218. The first-order valence-corrected chi connectivity index (χ1v) is 8.98. The van der Waals surface area contributed by atoms with E-state index in [9.17, 15) is 22.1 Å². The molecular weight excluding hydrogens is 406 g/mol. The molecular formula is C16H13F4N3O4S. The molecule has 150 valence electrons. The maximum atomic E-state index is 12.5. The predicted molar refractivity (Wildman–Crippen MR) is 90.3 cm³/mol. The van der Waals surface area contributed by atoms with E-state index in [2.05, 4.69) is 24.4 Å². The zero-order chi connectivity index (χ0) is 20.3. The summed E-state index contributed by atoms with van der Waals surface area (Å²) in [7, 11) is 1.48. The van der Waals surface area contributed by atoms with Gasteiger partial charge in [-0.25, -0.2) is 0 Å². The summed E-state index contributed by atoms with van der Waals surface area (Å²) < 4.78 is 76.1. The molecule has 0 saturated heterocycles. The molecule has 0 saturated carbocycles. The second-order valence-corrected chi connectivity index (χ2v) is 6.66. The number of pyridine rings is 1. The zero-order valence-corrected chi connectivity index (χ0v) is 15.0. The Hall–Kier alpha value is -2.73. The van der Waals surface area contributed by atoms with Gasteiger partial charge in [0.25, 0.3) is 0 Å². The van der Waals surface area contributed by atoms with Crippen LogP contribution in [0.1, 0.15) is 5.69 Å². The third-order valence-electron chi connectivity index (χ3n) is 3.48. The van der Waals surface area contributed by atoms with E-state index < -0.39 is 35.9 Å². The smallest absolute Gasteiger partial charge is 0.387 e. The lowest BCUT2D eigenvalue weighted by atomic mass is 10.3. The molecule has 2 aromatic heterocycles. The number of methoxy groups -OCH3 is 1. The molecule has 0 spiro atoms. The van der Waals surface area contributed by atoms with Crippen LogP contribution in [0.4, 0.5) is 17.6 Å². The van der Waals surface area contributed by atoms with Gasteiger partial charge >= 0.3 is 18.4 Å². The maximum absolute atomic E-state index is 12.5. The number of hydrogen-bond acceptors (Lipinski definition) is 6. The third kappa shape index (κ3) is 4.75. The minimum Gasteiger partial charge on any atom is -0.609 e. The summed E-state index contributed by atoms with van der Waals surface area (Å²) in [5.41, 5.74) is 0.736. The molecule has 0 aliphatic rings. The highest BCUT2D eigenvalue weighted by molar-refractivity contribution is 7.90. The van der Waals surface area contributed by atoms with Gasteiger partial charge < -0.3 is 18.8 Å². The number of hydrogen-bond donors (Lipinski definition) is 1. The molecule has 0 amide bonds. The number of nitrogens with zero attached hydrogens (tertiary/aromatic N) is 2. The third-order valence-corrected chi connectivity index (χ3v) is 4.66. The summed E-state index contributed by atoms with van der Waals surface area (Å²) in [4.78, 5) is 10.8. The molecule has 3 aromatic rings. The molecule has 1 N–H and O–H groups in total. The zero-order valence-electron chi connectivity index (χ0n) is 14.2. The first kappa shape index (κ1) is 20.0. The van der Waals surface area contributed by atoms with Crippen molar-refractivity contribution in [3.8, 4) is 17.2 Å². The molecule has 1 aromatic carbocycles. The molecule has 0 aliphatic carbocycles. The summed E-state index contributed by atoms with van der Waals surface area (Å²) in [6.07, 6.45) is 1.49. The number of aromatic amines is 1. The van der Waals surface area contributed by atoms with Gasteiger partial charge in [-0.2, -0.15) is 22.5 Å². The molecule has 0 radical (unpaired) electrons. The van der Waals surface area contributed by atoms with Crippen LogP contribution in [0.25, 0.3) is 11.0 Å². The number of aromatic nitrogens is 3. The van der Waals surface area contributed by atoms with Crippen LogP contribution in [-0.4, -0.2) is 39.8 Å². The molecule has 12 heteroatoms. The number of fused-ring (bicyclic) bond motifs is 1. The molecule has 0 aliphatic heterocycles. The van der Waals surface area contributed by atoms with E-state index in [4.69, 9.17) is 4.74 Å². The van der Waals surface area contributed by atoms with Gasteiger partial charge in [0.1, 0.15) is 5.75 Å². The van der Waals surface area contributed by atoms with Crippen LogP contribution in [0.2, 0.25) is 0 Å². The van der Waals surface area contributed by atoms with Crippen LogP contribution in [0.15, 0.2) is 35.6 Å². The van der Waals surface area contributed by atoms with Crippen LogP contribution in [0.3, 0.4) is 0 Å². The average molecular weight is 419 g/mol. The Bertz CT molecular complexity index is 910. The quantitative estimate of drug-likeness (QED) is 0.444. The number of alkyl halides is 4. The summed E-state index contributed by atoms with van der Waals surface area (Å²) in [5.74, 6) is -0.675. The van der Waals surface area contributed by atoms with Gasteiger partial charge in [-0.15, -0.1) is 0 Å². The highest BCUT2D eigenvalue weighted by atomic mass is 32.2. The maximum Gasteiger partial charge on any atom is 0.387 e. The van der Waals surface area contributed by atoms with Crippen molar-refractivity contribution in [3.05, 3.63) is 36.2 Å². The largest absolute Gasteiger partial charge is 0.609 e. The number of H-pyrrole nitrogens is 1. The molecule has 3 rings (SSSR count). The van der Waals surface area contributed by atoms with Gasteiger partial charge in [-0.3, -0.25) is 9.97 Å². The Labute approximate surface area is 158 Å². The van der Waals surface area contributed by atoms with E-state index in [1.165, 1.54) is 13.3 Å². The van der Waals surface area contributed by atoms with E-state index in [1.54, 1.807) is 12.1 Å². The molecule has 7 nitrogen and oxygen atoms in total. The molecule has 1 atom stereocenters. The standard InChI is InChI=1S/C16H13F4N3O4S/c1-25-9-2-3-21-8(4-9)7-28(24)16-22-10-5-12(26-14(17)18)13(27-15(19)20)6-11(10)23-16/h2-6,14-15H,7H2,1H3,(H,22,23). The van der Waals surface area contributed by atoms with Crippen LogP contribution in [0, 0.1) is 0 Å². The Morgan fingerprint density at radius 2 is 1.79 bits per heavy atom. The minimum atomic E-state index is -3.25. The van der Waals surface area contributed by atoms with Crippen molar-refractivity contribution in [2.24, 2.45) is 0 Å². The lowest BCUT2D eigenvalue weighted by Gasteiger charge is -2.11. The first-order chi connectivity index (χ1) is 13.4. The second kappa shape index (κ2) is 8.52. The summed E-state index contributed by atoms with van der Waals surface area (Å²) in [5, 5.41) is 0.0109. The van der Waals surface area contributed by atoms with E-state index in [0.29, 0.717) is 11.4 Å². The van der Waals surface area contributed by atoms with Crippen molar-refractivity contribution in [2.75, 3.05) is 7.11 Å². The van der Waals surface area contributed by atoms with Crippen molar-refractivity contribution in [3.63, 3.8) is 0 Å². The Balaban J connectivity index is 1.89. The van der Waals surface area contributed by atoms with Crippen LogP contribution in [0.5, 0.6) is 17.2 Å². The summed E-state index contributed by atoms with van der Waals surface area (Å²) in [6.45, 7) is -6.49.